The molecular formula is C18H30ClN. The number of rotatable bonds is 10. The van der Waals surface area contributed by atoms with Gasteiger partial charge in [0, 0.05) is 11.1 Å². The average Bonchev–Trinajstić information content (AvgIpc) is 2.40. The molecule has 0 aliphatic heterocycles. The molecule has 0 aromatic heterocycles. The first-order chi connectivity index (χ1) is 9.67. The maximum atomic E-state index is 6.20. The summed E-state index contributed by atoms with van der Waals surface area (Å²) in [5.41, 5.74) is 2.60. The average molecular weight is 296 g/mol. The van der Waals surface area contributed by atoms with Crippen LogP contribution in [0.25, 0.3) is 0 Å². The molecule has 1 aromatic carbocycles. The number of aryl methyl sites for hydroxylation is 1. The fourth-order valence-electron chi connectivity index (χ4n) is 2.62. The molecule has 0 saturated carbocycles. The Kier molecular flexibility index (Phi) is 8.97. The minimum absolute atomic E-state index is 0.453. The number of halogens is 1. The molecular weight excluding hydrogens is 266 g/mol. The predicted octanol–water partition coefficient (Wildman–Crippen LogP) is 6.05. The summed E-state index contributed by atoms with van der Waals surface area (Å²) in [4.78, 5) is 0. The van der Waals surface area contributed by atoms with E-state index in [0.29, 0.717) is 6.04 Å². The van der Waals surface area contributed by atoms with E-state index in [-0.39, 0.29) is 0 Å². The Morgan fingerprint density at radius 2 is 1.75 bits per heavy atom. The molecule has 0 bridgehead atoms. The van der Waals surface area contributed by atoms with Gasteiger partial charge in [-0.05, 0) is 49.6 Å². The zero-order valence-electron chi connectivity index (χ0n) is 13.3. The van der Waals surface area contributed by atoms with Gasteiger partial charge in [0.15, 0.2) is 0 Å². The van der Waals surface area contributed by atoms with Gasteiger partial charge >= 0.3 is 0 Å². The monoisotopic (exact) mass is 295 g/mol. The second-order valence-corrected chi connectivity index (χ2v) is 6.21. The van der Waals surface area contributed by atoms with Crippen molar-refractivity contribution in [1.29, 1.82) is 0 Å². The maximum absolute atomic E-state index is 6.20. The highest BCUT2D eigenvalue weighted by molar-refractivity contribution is 6.30. The molecule has 0 heterocycles. The molecule has 0 aliphatic carbocycles. The van der Waals surface area contributed by atoms with Gasteiger partial charge in [-0.25, -0.2) is 0 Å². The topological polar surface area (TPSA) is 12.0 Å². The van der Waals surface area contributed by atoms with Crippen molar-refractivity contribution >= 4 is 11.6 Å². The summed E-state index contributed by atoms with van der Waals surface area (Å²) in [7, 11) is 0. The second-order valence-electron chi connectivity index (χ2n) is 5.77. The third-order valence-corrected chi connectivity index (χ3v) is 3.92. The van der Waals surface area contributed by atoms with Crippen molar-refractivity contribution in [3.63, 3.8) is 0 Å². The lowest BCUT2D eigenvalue weighted by atomic mass is 9.98. The van der Waals surface area contributed by atoms with Crippen LogP contribution in [0.2, 0.25) is 5.02 Å². The highest BCUT2D eigenvalue weighted by Gasteiger charge is 2.11. The Bertz CT molecular complexity index is 355. The van der Waals surface area contributed by atoms with Gasteiger partial charge in [-0.1, -0.05) is 63.6 Å². The van der Waals surface area contributed by atoms with Crippen molar-refractivity contribution in [2.75, 3.05) is 6.54 Å². The van der Waals surface area contributed by atoms with E-state index in [0.717, 1.165) is 11.6 Å². The standard InChI is InChI=1S/C18H30ClN/c1-4-6-7-8-9-10-18(20-11-5-2)16-12-15(3)13-17(19)14-16/h12-14,18,20H,4-11H2,1-3H3. The van der Waals surface area contributed by atoms with Crippen LogP contribution in [0.4, 0.5) is 0 Å². The number of benzene rings is 1. The van der Waals surface area contributed by atoms with Crippen LogP contribution in [0.15, 0.2) is 18.2 Å². The summed E-state index contributed by atoms with van der Waals surface area (Å²) >= 11 is 6.20. The van der Waals surface area contributed by atoms with Crippen molar-refractivity contribution in [1.82, 2.24) is 5.32 Å². The molecule has 1 aromatic rings. The first-order valence-electron chi connectivity index (χ1n) is 8.17. The van der Waals surface area contributed by atoms with Gasteiger partial charge in [0.05, 0.1) is 0 Å². The minimum atomic E-state index is 0.453. The van der Waals surface area contributed by atoms with Crippen LogP contribution in [0.3, 0.4) is 0 Å². The van der Waals surface area contributed by atoms with Crippen LogP contribution in [0.5, 0.6) is 0 Å². The van der Waals surface area contributed by atoms with Crippen molar-refractivity contribution in [2.24, 2.45) is 0 Å². The highest BCUT2D eigenvalue weighted by Crippen LogP contribution is 2.24. The van der Waals surface area contributed by atoms with Crippen molar-refractivity contribution in [3.05, 3.63) is 34.3 Å². The fraction of sp³-hybridized carbons (Fsp3) is 0.667. The van der Waals surface area contributed by atoms with Gasteiger partial charge in [-0.3, -0.25) is 0 Å². The van der Waals surface area contributed by atoms with Gasteiger partial charge in [0.1, 0.15) is 0 Å². The molecule has 0 amide bonds. The van der Waals surface area contributed by atoms with Gasteiger partial charge in [-0.2, -0.15) is 0 Å². The maximum Gasteiger partial charge on any atom is 0.0411 e. The zero-order chi connectivity index (χ0) is 14.8. The van der Waals surface area contributed by atoms with Crippen molar-refractivity contribution in [2.45, 2.75) is 71.8 Å². The summed E-state index contributed by atoms with van der Waals surface area (Å²) in [6.07, 6.45) is 9.07. The molecule has 2 heteroatoms. The van der Waals surface area contributed by atoms with E-state index in [2.05, 4.69) is 38.2 Å². The number of hydrogen-bond acceptors (Lipinski definition) is 1. The number of hydrogen-bond donors (Lipinski definition) is 1. The molecule has 0 saturated heterocycles. The Hall–Kier alpha value is -0.530. The van der Waals surface area contributed by atoms with E-state index in [1.54, 1.807) is 0 Å². The van der Waals surface area contributed by atoms with Crippen LogP contribution in [0.1, 0.15) is 76.0 Å². The molecule has 1 unspecified atom stereocenters. The van der Waals surface area contributed by atoms with Crippen LogP contribution in [-0.2, 0) is 0 Å². The lowest BCUT2D eigenvalue weighted by Gasteiger charge is -2.20. The number of nitrogens with one attached hydrogen (secondary N) is 1. The molecule has 114 valence electrons. The van der Waals surface area contributed by atoms with E-state index >= 15 is 0 Å². The Labute approximate surface area is 130 Å². The molecule has 1 rings (SSSR count). The summed E-state index contributed by atoms with van der Waals surface area (Å²) in [5.74, 6) is 0. The molecule has 1 nitrogen and oxygen atoms in total. The van der Waals surface area contributed by atoms with Gasteiger partial charge in [-0.15, -0.1) is 0 Å². The minimum Gasteiger partial charge on any atom is -0.310 e. The third-order valence-electron chi connectivity index (χ3n) is 3.70. The van der Waals surface area contributed by atoms with Gasteiger partial charge in [0.2, 0.25) is 0 Å². The lowest BCUT2D eigenvalue weighted by Crippen LogP contribution is -2.22. The normalized spacial score (nSPS) is 12.6. The van der Waals surface area contributed by atoms with Crippen LogP contribution >= 0.6 is 11.6 Å². The van der Waals surface area contributed by atoms with Gasteiger partial charge < -0.3 is 5.32 Å². The summed E-state index contributed by atoms with van der Waals surface area (Å²) in [5, 5.41) is 4.53. The molecule has 0 spiro atoms. The Morgan fingerprint density at radius 3 is 2.40 bits per heavy atom. The first-order valence-corrected chi connectivity index (χ1v) is 8.55. The van der Waals surface area contributed by atoms with E-state index < -0.39 is 0 Å². The summed E-state index contributed by atoms with van der Waals surface area (Å²) in [6.45, 7) is 7.67. The Morgan fingerprint density at radius 1 is 1.00 bits per heavy atom. The largest absolute Gasteiger partial charge is 0.310 e. The molecule has 0 fully saturated rings. The molecule has 0 radical (unpaired) electrons. The first kappa shape index (κ1) is 17.5. The molecule has 1 N–H and O–H groups in total. The SMILES string of the molecule is CCCCCCCC(NCCC)c1cc(C)cc(Cl)c1. The smallest absolute Gasteiger partial charge is 0.0411 e. The van der Waals surface area contributed by atoms with Crippen LogP contribution in [0, 0.1) is 6.92 Å². The third kappa shape index (κ3) is 6.76. The molecule has 0 aliphatic rings. The zero-order valence-corrected chi connectivity index (χ0v) is 14.1. The Balaban J connectivity index is 2.58. The predicted molar refractivity (Wildman–Crippen MR) is 90.6 cm³/mol. The number of unbranched alkanes of at least 4 members (excludes halogenated alkanes) is 4. The van der Waals surface area contributed by atoms with Crippen LogP contribution in [-0.4, -0.2) is 6.54 Å². The fourth-order valence-corrected chi connectivity index (χ4v) is 2.92. The van der Waals surface area contributed by atoms with Crippen molar-refractivity contribution in [3.8, 4) is 0 Å². The second kappa shape index (κ2) is 10.2. The van der Waals surface area contributed by atoms with Gasteiger partial charge in [0.25, 0.3) is 0 Å². The summed E-state index contributed by atoms with van der Waals surface area (Å²) in [6, 6.07) is 6.87. The van der Waals surface area contributed by atoms with Crippen LogP contribution < -0.4 is 5.32 Å². The molecule has 1 atom stereocenters. The van der Waals surface area contributed by atoms with E-state index in [1.165, 1.54) is 56.1 Å². The molecule has 20 heavy (non-hydrogen) atoms. The van der Waals surface area contributed by atoms with E-state index in [9.17, 15) is 0 Å². The van der Waals surface area contributed by atoms with Crippen molar-refractivity contribution < 1.29 is 0 Å². The lowest BCUT2D eigenvalue weighted by molar-refractivity contribution is 0.468. The quantitative estimate of drug-likeness (QED) is 0.518. The van der Waals surface area contributed by atoms with E-state index in [1.807, 2.05) is 6.07 Å². The summed E-state index contributed by atoms with van der Waals surface area (Å²) < 4.78 is 0. The van der Waals surface area contributed by atoms with E-state index in [4.69, 9.17) is 11.6 Å². The highest BCUT2D eigenvalue weighted by atomic mass is 35.5.